The summed E-state index contributed by atoms with van der Waals surface area (Å²) in [6, 6.07) is 0. The predicted molar refractivity (Wildman–Crippen MR) is 38.0 cm³/mol. The zero-order valence-electron chi connectivity index (χ0n) is 6.56. The predicted octanol–water partition coefficient (Wildman–Crippen LogP) is 1.47. The molecule has 0 aliphatic rings. The number of ketones is 1. The number of alkyl halides is 3. The first-order valence-electron chi connectivity index (χ1n) is 3.54. The summed E-state index contributed by atoms with van der Waals surface area (Å²) in [6.45, 7) is 0. The van der Waals surface area contributed by atoms with Crippen molar-refractivity contribution in [2.75, 3.05) is 0 Å². The Labute approximate surface area is 72.0 Å². The van der Waals surface area contributed by atoms with Gasteiger partial charge in [0.15, 0.2) is 0 Å². The smallest absolute Gasteiger partial charge is 0.348 e. The molecule has 13 heavy (non-hydrogen) atoms. The maximum absolute atomic E-state index is 11.7. The largest absolute Gasteiger partial charge is 0.395 e. The molecule has 0 fully saturated rings. The molecular formula is C7H7F3N2O. The summed E-state index contributed by atoms with van der Waals surface area (Å²) in [5, 5.41) is 0. The quantitative estimate of drug-likeness (QED) is 0.788. The van der Waals surface area contributed by atoms with E-state index in [4.69, 9.17) is 0 Å². The molecule has 1 aromatic heterocycles. The molecule has 0 aliphatic heterocycles. The van der Waals surface area contributed by atoms with Gasteiger partial charge in [-0.2, -0.15) is 13.2 Å². The Morgan fingerprint density at radius 2 is 2.23 bits per heavy atom. The van der Waals surface area contributed by atoms with E-state index in [1.807, 2.05) is 0 Å². The summed E-state index contributed by atoms with van der Waals surface area (Å²) in [5.41, 5.74) is 0. The molecule has 1 N–H and O–H groups in total. The highest BCUT2D eigenvalue weighted by molar-refractivity contribution is 5.80. The van der Waals surface area contributed by atoms with E-state index in [9.17, 15) is 18.0 Å². The second-order valence-electron chi connectivity index (χ2n) is 2.54. The van der Waals surface area contributed by atoms with Crippen molar-refractivity contribution in [3.05, 3.63) is 18.2 Å². The minimum Gasteiger partial charge on any atom is -0.348 e. The fourth-order valence-electron chi connectivity index (χ4n) is 0.867. The first-order valence-corrected chi connectivity index (χ1v) is 3.54. The molecule has 1 rings (SSSR count). The van der Waals surface area contributed by atoms with Gasteiger partial charge in [0.2, 0.25) is 0 Å². The number of hydrogen-bond acceptors (Lipinski definition) is 2. The van der Waals surface area contributed by atoms with E-state index in [0.717, 1.165) is 0 Å². The lowest BCUT2D eigenvalue weighted by Gasteiger charge is -2.03. The van der Waals surface area contributed by atoms with Gasteiger partial charge in [0.25, 0.3) is 0 Å². The minimum absolute atomic E-state index is 0.259. The molecule has 0 spiro atoms. The van der Waals surface area contributed by atoms with Crippen LogP contribution < -0.4 is 0 Å². The summed E-state index contributed by atoms with van der Waals surface area (Å²) >= 11 is 0. The highest BCUT2D eigenvalue weighted by atomic mass is 19.4. The Morgan fingerprint density at radius 3 is 2.69 bits per heavy atom. The number of imidazole rings is 1. The van der Waals surface area contributed by atoms with Gasteiger partial charge in [-0.15, -0.1) is 0 Å². The van der Waals surface area contributed by atoms with Crippen LogP contribution in [0.4, 0.5) is 13.2 Å². The van der Waals surface area contributed by atoms with Gasteiger partial charge < -0.3 is 4.98 Å². The number of nitrogens with one attached hydrogen (secondary N) is 1. The number of hydrogen-bond donors (Lipinski definition) is 1. The van der Waals surface area contributed by atoms with Gasteiger partial charge in [-0.3, -0.25) is 4.79 Å². The molecule has 0 amide bonds. The van der Waals surface area contributed by atoms with Crippen LogP contribution in [-0.4, -0.2) is 21.9 Å². The number of aromatic amines is 1. The molecule has 1 heterocycles. The van der Waals surface area contributed by atoms with Gasteiger partial charge in [0.05, 0.1) is 6.42 Å². The number of Topliss-reactive ketones (excluding diaryl/α,β-unsaturated/α-hetero) is 1. The van der Waals surface area contributed by atoms with Crippen molar-refractivity contribution in [2.24, 2.45) is 0 Å². The summed E-state index contributed by atoms with van der Waals surface area (Å²) < 4.78 is 35.0. The molecule has 72 valence electrons. The lowest BCUT2D eigenvalue weighted by atomic mass is 10.2. The molecule has 0 radical (unpaired) electrons. The Balaban J connectivity index is 2.43. The van der Waals surface area contributed by atoms with Gasteiger partial charge in [0.1, 0.15) is 18.0 Å². The van der Waals surface area contributed by atoms with Crippen molar-refractivity contribution in [1.82, 2.24) is 9.97 Å². The van der Waals surface area contributed by atoms with E-state index in [0.29, 0.717) is 0 Å². The Hall–Kier alpha value is -1.33. The Bertz CT molecular complexity index is 278. The third-order valence-corrected chi connectivity index (χ3v) is 1.32. The van der Waals surface area contributed by atoms with Crippen LogP contribution in [0.25, 0.3) is 0 Å². The van der Waals surface area contributed by atoms with Gasteiger partial charge >= 0.3 is 6.18 Å². The molecule has 0 unspecified atom stereocenters. The van der Waals surface area contributed by atoms with Crippen LogP contribution in [-0.2, 0) is 11.2 Å². The first kappa shape index (κ1) is 9.76. The lowest BCUT2D eigenvalue weighted by Crippen LogP contribution is -2.16. The normalized spacial score (nSPS) is 11.6. The van der Waals surface area contributed by atoms with E-state index >= 15 is 0 Å². The van der Waals surface area contributed by atoms with E-state index in [1.165, 1.54) is 12.4 Å². The van der Waals surface area contributed by atoms with Crippen LogP contribution in [0.5, 0.6) is 0 Å². The number of carbonyl (C=O) groups is 1. The number of rotatable bonds is 3. The lowest BCUT2D eigenvalue weighted by molar-refractivity contribution is -0.151. The molecule has 0 atom stereocenters. The topological polar surface area (TPSA) is 45.8 Å². The van der Waals surface area contributed by atoms with E-state index in [-0.39, 0.29) is 12.2 Å². The molecule has 0 bridgehead atoms. The Kier molecular flexibility index (Phi) is 2.69. The molecule has 0 aromatic carbocycles. The second kappa shape index (κ2) is 3.59. The number of halogens is 3. The highest BCUT2D eigenvalue weighted by Gasteiger charge is 2.31. The Morgan fingerprint density at radius 1 is 1.54 bits per heavy atom. The van der Waals surface area contributed by atoms with Crippen LogP contribution in [0.1, 0.15) is 12.2 Å². The van der Waals surface area contributed by atoms with E-state index < -0.39 is 18.4 Å². The van der Waals surface area contributed by atoms with Crippen molar-refractivity contribution >= 4 is 5.78 Å². The van der Waals surface area contributed by atoms with Crippen LogP contribution in [0, 0.1) is 0 Å². The van der Waals surface area contributed by atoms with Crippen LogP contribution in [0.15, 0.2) is 12.4 Å². The number of H-pyrrole nitrogens is 1. The monoisotopic (exact) mass is 192 g/mol. The standard InChI is InChI=1S/C7H7F3N2O/c8-7(9,10)4-5(13)3-6-11-1-2-12-6/h1-2H,3-4H2,(H,11,12). The molecule has 0 saturated heterocycles. The zero-order chi connectivity index (χ0) is 9.90. The van der Waals surface area contributed by atoms with E-state index in [1.54, 1.807) is 0 Å². The molecule has 0 saturated carbocycles. The van der Waals surface area contributed by atoms with Crippen molar-refractivity contribution in [1.29, 1.82) is 0 Å². The van der Waals surface area contributed by atoms with Crippen molar-refractivity contribution < 1.29 is 18.0 Å². The fourth-order valence-corrected chi connectivity index (χ4v) is 0.867. The average Bonchev–Trinajstić information content (AvgIpc) is 2.34. The third-order valence-electron chi connectivity index (χ3n) is 1.32. The van der Waals surface area contributed by atoms with Gasteiger partial charge in [-0.25, -0.2) is 4.98 Å². The van der Waals surface area contributed by atoms with Crippen LogP contribution >= 0.6 is 0 Å². The summed E-state index contributed by atoms with van der Waals surface area (Å²) in [7, 11) is 0. The third kappa shape index (κ3) is 3.73. The molecule has 1 aromatic rings. The van der Waals surface area contributed by atoms with Gasteiger partial charge in [-0.1, -0.05) is 0 Å². The maximum atomic E-state index is 11.7. The van der Waals surface area contributed by atoms with Crippen molar-refractivity contribution in [2.45, 2.75) is 19.0 Å². The SMILES string of the molecule is O=C(Cc1ncc[nH]1)CC(F)(F)F. The summed E-state index contributed by atoms with van der Waals surface area (Å²) in [6.07, 6.45) is -3.28. The van der Waals surface area contributed by atoms with Crippen LogP contribution in [0.3, 0.4) is 0 Å². The van der Waals surface area contributed by atoms with Crippen molar-refractivity contribution in [3.63, 3.8) is 0 Å². The van der Waals surface area contributed by atoms with Crippen LogP contribution in [0.2, 0.25) is 0 Å². The molecule has 0 aliphatic carbocycles. The highest BCUT2D eigenvalue weighted by Crippen LogP contribution is 2.20. The van der Waals surface area contributed by atoms with Crippen molar-refractivity contribution in [3.8, 4) is 0 Å². The summed E-state index contributed by atoms with van der Waals surface area (Å²) in [4.78, 5) is 16.9. The second-order valence-corrected chi connectivity index (χ2v) is 2.54. The fraction of sp³-hybridized carbons (Fsp3) is 0.429. The number of carbonyl (C=O) groups excluding carboxylic acids is 1. The van der Waals surface area contributed by atoms with Gasteiger partial charge in [0, 0.05) is 12.4 Å². The molecule has 3 nitrogen and oxygen atoms in total. The molecule has 6 heteroatoms. The maximum Gasteiger partial charge on any atom is 0.395 e. The zero-order valence-corrected chi connectivity index (χ0v) is 6.56. The summed E-state index contributed by atoms with van der Waals surface area (Å²) in [5.74, 6) is -0.628. The molecular weight excluding hydrogens is 185 g/mol. The minimum atomic E-state index is -4.43. The average molecular weight is 192 g/mol. The number of nitrogens with zero attached hydrogens (tertiary/aromatic N) is 1. The van der Waals surface area contributed by atoms with Gasteiger partial charge in [-0.05, 0) is 0 Å². The first-order chi connectivity index (χ1) is 5.97. The van der Waals surface area contributed by atoms with E-state index in [2.05, 4.69) is 9.97 Å². The number of aromatic nitrogens is 2.